The smallest absolute Gasteiger partial charge is 0.308 e. The van der Waals surface area contributed by atoms with Crippen molar-refractivity contribution in [2.24, 2.45) is 0 Å². The molecule has 134 valence electrons. The Hall–Kier alpha value is -2.47. The quantitative estimate of drug-likeness (QED) is 0.347. The molecular formula is C20H19BrN2O3. The number of ether oxygens (including phenoxy) is 1. The summed E-state index contributed by atoms with van der Waals surface area (Å²) in [6.45, 7) is 1.34. The maximum absolute atomic E-state index is 13.3. The van der Waals surface area contributed by atoms with Gasteiger partial charge in [-0.15, -0.1) is 0 Å². The van der Waals surface area contributed by atoms with E-state index in [1.54, 1.807) is 16.8 Å². The summed E-state index contributed by atoms with van der Waals surface area (Å²) in [5.74, 6) is -0.124. The van der Waals surface area contributed by atoms with Crippen molar-refractivity contribution in [2.45, 2.75) is 26.2 Å². The van der Waals surface area contributed by atoms with Gasteiger partial charge in [0.25, 0.3) is 5.56 Å². The zero-order chi connectivity index (χ0) is 18.5. The third-order valence-electron chi connectivity index (χ3n) is 4.05. The number of nitrogens with zero attached hydrogens (tertiary/aromatic N) is 2. The number of pyridine rings is 2. The number of benzene rings is 1. The summed E-state index contributed by atoms with van der Waals surface area (Å²) in [6.07, 6.45) is 3.90. The Morgan fingerprint density at radius 2 is 1.92 bits per heavy atom. The largest absolute Gasteiger partial charge is 0.425 e. The van der Waals surface area contributed by atoms with Crippen molar-refractivity contribution in [1.29, 1.82) is 0 Å². The number of fused-ring (bicyclic) bond motifs is 1. The summed E-state index contributed by atoms with van der Waals surface area (Å²) in [6, 6.07) is 13.0. The number of alkyl halides is 1. The maximum atomic E-state index is 13.3. The third kappa shape index (κ3) is 3.70. The molecule has 6 heteroatoms. The minimum Gasteiger partial charge on any atom is -0.425 e. The van der Waals surface area contributed by atoms with E-state index in [9.17, 15) is 9.59 Å². The second-order valence-corrected chi connectivity index (χ2v) is 6.69. The van der Waals surface area contributed by atoms with Crippen molar-refractivity contribution in [2.75, 3.05) is 5.33 Å². The highest BCUT2D eigenvalue weighted by Gasteiger charge is 2.20. The van der Waals surface area contributed by atoms with E-state index in [2.05, 4.69) is 20.9 Å². The Morgan fingerprint density at radius 1 is 1.15 bits per heavy atom. The van der Waals surface area contributed by atoms with Crippen LogP contribution >= 0.6 is 15.9 Å². The molecule has 0 bridgehead atoms. The molecular weight excluding hydrogens is 396 g/mol. The number of unbranched alkanes of at least 4 members (excludes halogenated alkanes) is 1. The third-order valence-corrected chi connectivity index (χ3v) is 4.61. The molecule has 2 aromatic heterocycles. The van der Waals surface area contributed by atoms with E-state index in [-0.39, 0.29) is 5.56 Å². The summed E-state index contributed by atoms with van der Waals surface area (Å²) in [5, 5.41) is 1.51. The second-order valence-electron chi connectivity index (χ2n) is 5.90. The van der Waals surface area contributed by atoms with E-state index in [4.69, 9.17) is 4.74 Å². The summed E-state index contributed by atoms with van der Waals surface area (Å²) < 4.78 is 7.05. The fraction of sp³-hybridized carbons (Fsp3) is 0.250. The Balaban J connectivity index is 2.32. The second kappa shape index (κ2) is 8.27. The summed E-state index contributed by atoms with van der Waals surface area (Å²) in [4.78, 5) is 29.3. The van der Waals surface area contributed by atoms with Crippen molar-refractivity contribution in [3.05, 3.63) is 64.6 Å². The van der Waals surface area contributed by atoms with E-state index >= 15 is 0 Å². The Bertz CT molecular complexity index is 984. The number of hydrogen-bond acceptors (Lipinski definition) is 4. The van der Waals surface area contributed by atoms with Crippen LogP contribution in [0.15, 0.2) is 53.5 Å². The number of esters is 1. The molecule has 0 saturated heterocycles. The Labute approximate surface area is 159 Å². The Morgan fingerprint density at radius 3 is 2.62 bits per heavy atom. The topological polar surface area (TPSA) is 61.2 Å². The molecule has 3 rings (SSSR count). The van der Waals surface area contributed by atoms with Crippen LogP contribution in [-0.2, 0) is 11.2 Å². The number of aromatic nitrogens is 2. The van der Waals surface area contributed by atoms with E-state index in [0.717, 1.165) is 23.9 Å². The predicted octanol–water partition coefficient (Wildman–Crippen LogP) is 4.03. The zero-order valence-electron chi connectivity index (χ0n) is 14.4. The SMILES string of the molecule is CC(=O)Oc1c(CCCCBr)c(=O)n(-c2ccccc2)c2ncccc12. The minimum atomic E-state index is -0.450. The lowest BCUT2D eigenvalue weighted by atomic mass is 10.1. The lowest BCUT2D eigenvalue weighted by molar-refractivity contribution is -0.131. The van der Waals surface area contributed by atoms with Gasteiger partial charge in [-0.1, -0.05) is 34.1 Å². The van der Waals surface area contributed by atoms with Crippen LogP contribution in [-0.4, -0.2) is 20.9 Å². The molecule has 26 heavy (non-hydrogen) atoms. The van der Waals surface area contributed by atoms with Gasteiger partial charge in [-0.2, -0.15) is 0 Å². The molecule has 0 atom stereocenters. The van der Waals surface area contributed by atoms with Crippen LogP contribution < -0.4 is 10.3 Å². The van der Waals surface area contributed by atoms with Crippen LogP contribution in [0.3, 0.4) is 0 Å². The van der Waals surface area contributed by atoms with Gasteiger partial charge in [-0.25, -0.2) is 4.98 Å². The predicted molar refractivity (Wildman–Crippen MR) is 105 cm³/mol. The number of para-hydroxylation sites is 1. The van der Waals surface area contributed by atoms with Crippen LogP contribution in [0, 0.1) is 0 Å². The molecule has 2 heterocycles. The van der Waals surface area contributed by atoms with Crippen molar-refractivity contribution in [3.8, 4) is 11.4 Å². The average molecular weight is 415 g/mol. The van der Waals surface area contributed by atoms with Crippen LogP contribution in [0.1, 0.15) is 25.3 Å². The highest BCUT2D eigenvalue weighted by atomic mass is 79.9. The molecule has 0 aliphatic rings. The lowest BCUT2D eigenvalue weighted by Crippen LogP contribution is -2.25. The van der Waals surface area contributed by atoms with Gasteiger partial charge in [0.1, 0.15) is 0 Å². The number of halogens is 1. The number of hydrogen-bond donors (Lipinski definition) is 0. The van der Waals surface area contributed by atoms with E-state index in [0.29, 0.717) is 28.8 Å². The highest BCUT2D eigenvalue weighted by molar-refractivity contribution is 9.09. The van der Waals surface area contributed by atoms with Gasteiger partial charge < -0.3 is 4.74 Å². The molecule has 0 spiro atoms. The number of carbonyl (C=O) groups is 1. The average Bonchev–Trinajstić information content (AvgIpc) is 2.64. The first-order valence-corrected chi connectivity index (χ1v) is 9.58. The van der Waals surface area contributed by atoms with Gasteiger partial charge in [0, 0.05) is 18.5 Å². The monoisotopic (exact) mass is 414 g/mol. The van der Waals surface area contributed by atoms with E-state index < -0.39 is 5.97 Å². The number of carbonyl (C=O) groups excluding carboxylic acids is 1. The molecule has 0 radical (unpaired) electrons. The summed E-state index contributed by atoms with van der Waals surface area (Å²) in [7, 11) is 0. The summed E-state index contributed by atoms with van der Waals surface area (Å²) >= 11 is 3.41. The van der Waals surface area contributed by atoms with Crippen molar-refractivity contribution < 1.29 is 9.53 Å². The molecule has 0 N–H and O–H groups in total. The summed E-state index contributed by atoms with van der Waals surface area (Å²) in [5.41, 5.74) is 1.51. The standard InChI is InChI=1S/C20H19BrN2O3/c1-14(24)26-18-16-11-7-13-22-19(16)23(15-8-3-2-4-9-15)20(25)17(18)10-5-6-12-21/h2-4,7-9,11,13H,5-6,10,12H2,1H3. The van der Waals surface area contributed by atoms with Gasteiger partial charge in [0.05, 0.1) is 16.6 Å². The molecule has 0 fully saturated rings. The first-order chi connectivity index (χ1) is 12.6. The van der Waals surface area contributed by atoms with Crippen molar-refractivity contribution >= 4 is 32.9 Å². The van der Waals surface area contributed by atoms with Gasteiger partial charge >= 0.3 is 5.97 Å². The van der Waals surface area contributed by atoms with Crippen LogP contribution in [0.2, 0.25) is 0 Å². The molecule has 0 unspecified atom stereocenters. The molecule has 0 amide bonds. The first-order valence-electron chi connectivity index (χ1n) is 8.46. The lowest BCUT2D eigenvalue weighted by Gasteiger charge is -2.16. The Kier molecular flexibility index (Phi) is 5.83. The van der Waals surface area contributed by atoms with Gasteiger partial charge in [0.2, 0.25) is 0 Å². The van der Waals surface area contributed by atoms with Crippen molar-refractivity contribution in [1.82, 2.24) is 9.55 Å². The van der Waals surface area contributed by atoms with Gasteiger partial charge in [0.15, 0.2) is 11.4 Å². The minimum absolute atomic E-state index is 0.201. The number of rotatable bonds is 6. The highest BCUT2D eigenvalue weighted by Crippen LogP contribution is 2.29. The van der Waals surface area contributed by atoms with Gasteiger partial charge in [-0.3, -0.25) is 14.2 Å². The molecule has 0 aliphatic carbocycles. The van der Waals surface area contributed by atoms with E-state index in [1.807, 2.05) is 36.4 Å². The maximum Gasteiger partial charge on any atom is 0.308 e. The molecule has 0 aliphatic heterocycles. The molecule has 0 saturated carbocycles. The zero-order valence-corrected chi connectivity index (χ0v) is 16.0. The van der Waals surface area contributed by atoms with Crippen LogP contribution in [0.25, 0.3) is 16.7 Å². The van der Waals surface area contributed by atoms with E-state index in [1.165, 1.54) is 6.92 Å². The fourth-order valence-corrected chi connectivity index (χ4v) is 3.33. The first kappa shape index (κ1) is 18.3. The van der Waals surface area contributed by atoms with Crippen molar-refractivity contribution in [3.63, 3.8) is 0 Å². The van der Waals surface area contributed by atoms with Crippen LogP contribution in [0.4, 0.5) is 0 Å². The fourth-order valence-electron chi connectivity index (χ4n) is 2.94. The molecule has 3 aromatic rings. The van der Waals surface area contributed by atoms with Crippen LogP contribution in [0.5, 0.6) is 5.75 Å². The normalized spacial score (nSPS) is 10.8. The molecule has 5 nitrogen and oxygen atoms in total. The molecule has 1 aromatic carbocycles. The van der Waals surface area contributed by atoms with Gasteiger partial charge in [-0.05, 0) is 43.5 Å².